The molecule has 0 saturated carbocycles. The number of aromatic nitrogens is 1. The molecule has 0 atom stereocenters. The fourth-order valence-electron chi connectivity index (χ4n) is 1.79. The summed E-state index contributed by atoms with van der Waals surface area (Å²) in [5, 5.41) is 0. The second-order valence-electron chi connectivity index (χ2n) is 4.20. The fraction of sp³-hybridized carbons (Fsp3) is 0.385. The molecule has 16 heavy (non-hydrogen) atoms. The van der Waals surface area contributed by atoms with Crippen molar-refractivity contribution in [2.45, 2.75) is 20.3 Å². The van der Waals surface area contributed by atoms with Crippen molar-refractivity contribution < 1.29 is 4.79 Å². The first-order valence-corrected chi connectivity index (χ1v) is 5.54. The van der Waals surface area contributed by atoms with Gasteiger partial charge < -0.3 is 4.90 Å². The van der Waals surface area contributed by atoms with Gasteiger partial charge in [0.1, 0.15) is 5.69 Å². The lowest BCUT2D eigenvalue weighted by Crippen LogP contribution is -2.28. The van der Waals surface area contributed by atoms with Crippen LogP contribution in [0.3, 0.4) is 0 Å². The Bertz CT molecular complexity index is 420. The first kappa shape index (κ1) is 10.9. The summed E-state index contributed by atoms with van der Waals surface area (Å²) in [4.78, 5) is 17.5. The van der Waals surface area contributed by atoms with Crippen LogP contribution in [0.15, 0.2) is 30.0 Å². The van der Waals surface area contributed by atoms with Crippen molar-refractivity contribution in [2.75, 3.05) is 18.0 Å². The molecule has 2 heterocycles. The van der Waals surface area contributed by atoms with E-state index in [1.165, 1.54) is 12.5 Å². The highest BCUT2D eigenvalue weighted by Crippen LogP contribution is 2.18. The number of hydrogen-bond donors (Lipinski definition) is 0. The summed E-state index contributed by atoms with van der Waals surface area (Å²) < 4.78 is 0. The first-order chi connectivity index (χ1) is 7.66. The van der Waals surface area contributed by atoms with Gasteiger partial charge >= 0.3 is 0 Å². The Morgan fingerprint density at radius 1 is 1.44 bits per heavy atom. The Balaban J connectivity index is 2.13. The lowest BCUT2D eigenvalue weighted by molar-refractivity contribution is 0.101. The zero-order valence-corrected chi connectivity index (χ0v) is 9.73. The number of hydrogen-bond acceptors (Lipinski definition) is 3. The molecular weight excluding hydrogens is 200 g/mol. The van der Waals surface area contributed by atoms with Crippen LogP contribution in [0, 0.1) is 0 Å². The van der Waals surface area contributed by atoms with Gasteiger partial charge in [0.05, 0.1) is 11.9 Å². The van der Waals surface area contributed by atoms with Crippen LogP contribution in [-0.4, -0.2) is 23.9 Å². The van der Waals surface area contributed by atoms with Crippen LogP contribution in [0.25, 0.3) is 0 Å². The molecule has 1 aromatic heterocycles. The molecule has 1 aliphatic rings. The lowest BCUT2D eigenvalue weighted by atomic mass is 10.1. The predicted octanol–water partition coefficient (Wildman–Crippen LogP) is 2.44. The molecule has 0 fully saturated rings. The van der Waals surface area contributed by atoms with Gasteiger partial charge in [-0.25, -0.2) is 0 Å². The number of rotatable bonds is 2. The Hall–Kier alpha value is -1.64. The smallest absolute Gasteiger partial charge is 0.178 e. The number of carbonyl (C=O) groups excluding carboxylic acids is 1. The van der Waals surface area contributed by atoms with E-state index >= 15 is 0 Å². The minimum Gasteiger partial charge on any atom is -0.366 e. The molecule has 0 bridgehead atoms. The van der Waals surface area contributed by atoms with Crippen LogP contribution in [0.4, 0.5) is 5.69 Å². The second-order valence-corrected chi connectivity index (χ2v) is 4.20. The standard InChI is InChI=1S/C13H16N2O/c1-10-5-7-15(8-6-10)12-3-4-13(11(2)16)14-9-12/h3-5,9H,6-8H2,1-2H3. The van der Waals surface area contributed by atoms with Gasteiger partial charge in [0, 0.05) is 20.0 Å². The topological polar surface area (TPSA) is 33.2 Å². The minimum atomic E-state index is 0.0148. The van der Waals surface area contributed by atoms with Crippen molar-refractivity contribution in [3.8, 4) is 0 Å². The van der Waals surface area contributed by atoms with Crippen LogP contribution in [0.1, 0.15) is 30.8 Å². The molecule has 3 nitrogen and oxygen atoms in total. The Labute approximate surface area is 95.8 Å². The highest BCUT2D eigenvalue weighted by Gasteiger charge is 2.10. The molecule has 0 N–H and O–H groups in total. The summed E-state index contributed by atoms with van der Waals surface area (Å²) in [6.07, 6.45) is 5.13. The van der Waals surface area contributed by atoms with E-state index < -0.39 is 0 Å². The van der Waals surface area contributed by atoms with Gasteiger partial charge in [-0.05, 0) is 25.5 Å². The molecule has 0 spiro atoms. The van der Waals surface area contributed by atoms with E-state index in [1.54, 1.807) is 12.3 Å². The largest absolute Gasteiger partial charge is 0.366 e. The summed E-state index contributed by atoms with van der Waals surface area (Å²) >= 11 is 0. The maximum absolute atomic E-state index is 11.1. The van der Waals surface area contributed by atoms with E-state index in [9.17, 15) is 4.79 Å². The molecule has 0 amide bonds. The summed E-state index contributed by atoms with van der Waals surface area (Å²) in [5.74, 6) is 0.0148. The van der Waals surface area contributed by atoms with Crippen LogP contribution in [0.2, 0.25) is 0 Å². The Morgan fingerprint density at radius 2 is 2.25 bits per heavy atom. The highest BCUT2D eigenvalue weighted by atomic mass is 16.1. The average Bonchev–Trinajstić information content (AvgIpc) is 2.30. The van der Waals surface area contributed by atoms with Crippen LogP contribution >= 0.6 is 0 Å². The summed E-state index contributed by atoms with van der Waals surface area (Å²) in [5.41, 5.74) is 3.07. The number of anilines is 1. The molecule has 0 saturated heterocycles. The van der Waals surface area contributed by atoms with Gasteiger partial charge in [-0.15, -0.1) is 0 Å². The summed E-state index contributed by atoms with van der Waals surface area (Å²) in [7, 11) is 0. The third-order valence-electron chi connectivity index (χ3n) is 2.91. The minimum absolute atomic E-state index is 0.0148. The van der Waals surface area contributed by atoms with Crippen LogP contribution in [0.5, 0.6) is 0 Å². The molecule has 0 aliphatic carbocycles. The second kappa shape index (κ2) is 4.47. The molecule has 1 aromatic rings. The summed E-state index contributed by atoms with van der Waals surface area (Å²) in [6.45, 7) is 5.67. The predicted molar refractivity (Wildman–Crippen MR) is 64.8 cm³/mol. The van der Waals surface area contributed by atoms with Crippen LogP contribution in [-0.2, 0) is 0 Å². The van der Waals surface area contributed by atoms with Gasteiger partial charge in [-0.3, -0.25) is 9.78 Å². The number of pyridine rings is 1. The normalized spacial score (nSPS) is 15.9. The molecule has 1 aliphatic heterocycles. The molecular formula is C13H16N2O. The van der Waals surface area contributed by atoms with E-state index in [0.717, 1.165) is 25.2 Å². The zero-order chi connectivity index (χ0) is 11.5. The molecule has 3 heteroatoms. The first-order valence-electron chi connectivity index (χ1n) is 5.54. The van der Waals surface area contributed by atoms with Gasteiger partial charge in [-0.2, -0.15) is 0 Å². The zero-order valence-electron chi connectivity index (χ0n) is 9.73. The third-order valence-corrected chi connectivity index (χ3v) is 2.91. The van der Waals surface area contributed by atoms with Crippen molar-refractivity contribution >= 4 is 11.5 Å². The van der Waals surface area contributed by atoms with Gasteiger partial charge in [-0.1, -0.05) is 11.6 Å². The number of ketones is 1. The average molecular weight is 216 g/mol. The van der Waals surface area contributed by atoms with Gasteiger partial charge in [0.2, 0.25) is 0 Å². The molecule has 84 valence electrons. The van der Waals surface area contributed by atoms with Crippen LogP contribution < -0.4 is 4.90 Å². The van der Waals surface area contributed by atoms with Crippen molar-refractivity contribution in [3.05, 3.63) is 35.7 Å². The van der Waals surface area contributed by atoms with Crippen molar-refractivity contribution in [3.63, 3.8) is 0 Å². The Morgan fingerprint density at radius 3 is 2.75 bits per heavy atom. The maximum atomic E-state index is 11.1. The highest BCUT2D eigenvalue weighted by molar-refractivity contribution is 5.92. The third kappa shape index (κ3) is 2.30. The SMILES string of the molecule is CC(=O)c1ccc(N2CC=C(C)CC2)cn1. The number of nitrogens with zero attached hydrogens (tertiary/aromatic N) is 2. The van der Waals surface area contributed by atoms with E-state index in [1.807, 2.05) is 6.07 Å². The van der Waals surface area contributed by atoms with Crippen molar-refractivity contribution in [1.82, 2.24) is 4.98 Å². The van der Waals surface area contributed by atoms with E-state index in [4.69, 9.17) is 0 Å². The fourth-order valence-corrected chi connectivity index (χ4v) is 1.79. The van der Waals surface area contributed by atoms with E-state index in [2.05, 4.69) is 22.9 Å². The number of Topliss-reactive ketones (excluding diaryl/α,β-unsaturated/α-hetero) is 1. The lowest BCUT2D eigenvalue weighted by Gasteiger charge is -2.27. The molecule has 0 unspecified atom stereocenters. The van der Waals surface area contributed by atoms with E-state index in [0.29, 0.717) is 5.69 Å². The molecule has 2 rings (SSSR count). The number of carbonyl (C=O) groups is 1. The summed E-state index contributed by atoms with van der Waals surface area (Å²) in [6, 6.07) is 3.76. The van der Waals surface area contributed by atoms with Gasteiger partial charge in [0.25, 0.3) is 0 Å². The monoisotopic (exact) mass is 216 g/mol. The molecule has 0 radical (unpaired) electrons. The van der Waals surface area contributed by atoms with Crippen molar-refractivity contribution in [2.24, 2.45) is 0 Å². The quantitative estimate of drug-likeness (QED) is 0.562. The van der Waals surface area contributed by atoms with Gasteiger partial charge in [0.15, 0.2) is 5.78 Å². The molecule has 0 aromatic carbocycles. The Kier molecular flexibility index (Phi) is 3.04. The van der Waals surface area contributed by atoms with E-state index in [-0.39, 0.29) is 5.78 Å². The van der Waals surface area contributed by atoms with Crippen molar-refractivity contribution in [1.29, 1.82) is 0 Å². The maximum Gasteiger partial charge on any atom is 0.178 e.